The summed E-state index contributed by atoms with van der Waals surface area (Å²) in [7, 11) is -2.35. The normalized spacial score (nSPS) is 15.7. The number of amides is 1. The molecule has 2 aromatic rings. The van der Waals surface area contributed by atoms with E-state index in [0.29, 0.717) is 18.1 Å². The molecular weight excluding hydrogens is 400 g/mol. The Morgan fingerprint density at radius 3 is 2.39 bits per heavy atom. The van der Waals surface area contributed by atoms with Crippen LogP contribution in [-0.4, -0.2) is 56.8 Å². The van der Waals surface area contributed by atoms with Gasteiger partial charge < -0.3 is 9.64 Å². The fraction of sp³-hybridized carbons (Fsp3) is 0.250. The fourth-order valence-corrected chi connectivity index (χ4v) is 4.82. The van der Waals surface area contributed by atoms with E-state index in [4.69, 9.17) is 16.3 Å². The summed E-state index contributed by atoms with van der Waals surface area (Å²) in [6, 6.07) is 14.0. The van der Waals surface area contributed by atoms with Gasteiger partial charge in [-0.1, -0.05) is 41.9 Å². The summed E-state index contributed by atoms with van der Waals surface area (Å²) in [6.07, 6.45) is 3.27. The summed E-state index contributed by atoms with van der Waals surface area (Å²) >= 11 is 5.97. The molecule has 0 N–H and O–H groups in total. The lowest BCUT2D eigenvalue weighted by Gasteiger charge is -2.33. The smallest absolute Gasteiger partial charge is 0.246 e. The minimum atomic E-state index is -3.76. The first kappa shape index (κ1) is 20.4. The van der Waals surface area contributed by atoms with Gasteiger partial charge in [0.1, 0.15) is 10.6 Å². The van der Waals surface area contributed by atoms with E-state index in [1.54, 1.807) is 17.0 Å². The lowest BCUT2D eigenvalue weighted by atomic mass is 10.2. The predicted octanol–water partition coefficient (Wildman–Crippen LogP) is 2.89. The third-order valence-corrected chi connectivity index (χ3v) is 6.67. The molecule has 1 aliphatic rings. The zero-order chi connectivity index (χ0) is 20.1. The molecule has 0 aromatic heterocycles. The number of rotatable bonds is 5. The van der Waals surface area contributed by atoms with Crippen LogP contribution >= 0.6 is 11.6 Å². The van der Waals surface area contributed by atoms with Crippen molar-refractivity contribution in [2.45, 2.75) is 4.90 Å². The lowest BCUT2D eigenvalue weighted by molar-refractivity contribution is -0.127. The number of piperazine rings is 1. The minimum Gasteiger partial charge on any atom is -0.495 e. The van der Waals surface area contributed by atoms with Gasteiger partial charge in [0.15, 0.2) is 0 Å². The number of hydrogen-bond donors (Lipinski definition) is 0. The standard InChI is InChI=1S/C20H21ClN2O4S/c1-27-18-9-8-17(21)15-19(18)28(25,26)23-13-11-22(12-14-23)20(24)10-7-16-5-3-2-4-6-16/h2-10,15H,11-14H2,1H3/b10-7+. The van der Waals surface area contributed by atoms with Crippen LogP contribution in [0.25, 0.3) is 6.08 Å². The van der Waals surface area contributed by atoms with Crippen molar-refractivity contribution < 1.29 is 17.9 Å². The van der Waals surface area contributed by atoms with Crippen LogP contribution in [0.1, 0.15) is 5.56 Å². The summed E-state index contributed by atoms with van der Waals surface area (Å²) in [5.41, 5.74) is 0.935. The predicted molar refractivity (Wildman–Crippen MR) is 109 cm³/mol. The molecule has 3 rings (SSSR count). The van der Waals surface area contributed by atoms with Gasteiger partial charge in [-0.3, -0.25) is 4.79 Å². The highest BCUT2D eigenvalue weighted by Gasteiger charge is 2.31. The molecule has 0 aliphatic carbocycles. The number of sulfonamides is 1. The average Bonchev–Trinajstić information content (AvgIpc) is 2.73. The highest BCUT2D eigenvalue weighted by Crippen LogP contribution is 2.30. The zero-order valence-corrected chi connectivity index (χ0v) is 17.0. The second-order valence-electron chi connectivity index (χ2n) is 6.27. The zero-order valence-electron chi connectivity index (χ0n) is 15.4. The summed E-state index contributed by atoms with van der Waals surface area (Å²) in [4.78, 5) is 14.0. The van der Waals surface area contributed by atoms with Crippen LogP contribution in [0.15, 0.2) is 59.5 Å². The van der Waals surface area contributed by atoms with Crippen LogP contribution in [0.4, 0.5) is 0 Å². The molecule has 0 saturated carbocycles. The summed E-state index contributed by atoms with van der Waals surface area (Å²) in [5.74, 6) is 0.106. The molecule has 2 aromatic carbocycles. The Labute approximate surface area is 170 Å². The topological polar surface area (TPSA) is 66.9 Å². The quantitative estimate of drug-likeness (QED) is 0.697. The van der Waals surface area contributed by atoms with Crippen LogP contribution in [0.5, 0.6) is 5.75 Å². The molecule has 0 radical (unpaired) electrons. The van der Waals surface area contributed by atoms with Crippen LogP contribution in [0.3, 0.4) is 0 Å². The van der Waals surface area contributed by atoms with E-state index in [9.17, 15) is 13.2 Å². The SMILES string of the molecule is COc1ccc(Cl)cc1S(=O)(=O)N1CCN(C(=O)/C=C/c2ccccc2)CC1. The van der Waals surface area contributed by atoms with Gasteiger partial charge in [0.25, 0.3) is 0 Å². The number of carbonyl (C=O) groups excluding carboxylic acids is 1. The molecule has 1 amide bonds. The average molecular weight is 421 g/mol. The van der Waals surface area contributed by atoms with Crippen molar-refractivity contribution in [3.63, 3.8) is 0 Å². The van der Waals surface area contributed by atoms with E-state index >= 15 is 0 Å². The summed E-state index contributed by atoms with van der Waals surface area (Å²) < 4.78 is 32.5. The van der Waals surface area contributed by atoms with E-state index in [0.717, 1.165) is 5.56 Å². The van der Waals surface area contributed by atoms with Crippen LogP contribution in [-0.2, 0) is 14.8 Å². The number of carbonyl (C=O) groups is 1. The van der Waals surface area contributed by atoms with Crippen molar-refractivity contribution in [3.05, 3.63) is 65.2 Å². The summed E-state index contributed by atoms with van der Waals surface area (Å²) in [5, 5.41) is 0.319. The molecule has 0 spiro atoms. The number of hydrogen-bond acceptors (Lipinski definition) is 4. The van der Waals surface area contributed by atoms with Gasteiger partial charge in [-0.05, 0) is 29.8 Å². The Morgan fingerprint density at radius 1 is 1.07 bits per heavy atom. The molecule has 1 saturated heterocycles. The largest absolute Gasteiger partial charge is 0.495 e. The van der Waals surface area contributed by atoms with Crippen LogP contribution in [0.2, 0.25) is 5.02 Å². The Bertz CT molecular complexity index is 969. The Hall–Kier alpha value is -2.35. The van der Waals surface area contributed by atoms with Gasteiger partial charge >= 0.3 is 0 Å². The Kier molecular flexibility index (Phi) is 6.39. The van der Waals surface area contributed by atoms with E-state index in [-0.39, 0.29) is 29.6 Å². The van der Waals surface area contributed by atoms with Crippen molar-refractivity contribution in [2.75, 3.05) is 33.3 Å². The maximum Gasteiger partial charge on any atom is 0.246 e. The third-order valence-electron chi connectivity index (χ3n) is 4.51. The monoisotopic (exact) mass is 420 g/mol. The number of ether oxygens (including phenoxy) is 1. The number of benzene rings is 2. The third kappa shape index (κ3) is 4.55. The van der Waals surface area contributed by atoms with Gasteiger partial charge in [0.2, 0.25) is 15.9 Å². The number of halogens is 1. The number of methoxy groups -OCH3 is 1. The molecule has 1 fully saturated rings. The highest BCUT2D eigenvalue weighted by molar-refractivity contribution is 7.89. The molecule has 1 aliphatic heterocycles. The molecule has 6 nitrogen and oxygen atoms in total. The summed E-state index contributed by atoms with van der Waals surface area (Å²) in [6.45, 7) is 1.06. The van der Waals surface area contributed by atoms with Crippen molar-refractivity contribution in [1.29, 1.82) is 0 Å². The molecular formula is C20H21ClN2O4S. The van der Waals surface area contributed by atoms with Gasteiger partial charge in [-0.2, -0.15) is 4.31 Å². The van der Waals surface area contributed by atoms with E-state index in [1.807, 2.05) is 30.3 Å². The van der Waals surface area contributed by atoms with Gasteiger partial charge in [0, 0.05) is 37.3 Å². The maximum atomic E-state index is 13.0. The van der Waals surface area contributed by atoms with Crippen LogP contribution in [0, 0.1) is 0 Å². The van der Waals surface area contributed by atoms with Crippen molar-refractivity contribution in [3.8, 4) is 5.75 Å². The van der Waals surface area contributed by atoms with E-state index in [1.165, 1.54) is 29.6 Å². The molecule has 28 heavy (non-hydrogen) atoms. The molecule has 0 atom stereocenters. The minimum absolute atomic E-state index is 0.0336. The first-order valence-electron chi connectivity index (χ1n) is 8.77. The molecule has 1 heterocycles. The van der Waals surface area contributed by atoms with Crippen molar-refractivity contribution in [1.82, 2.24) is 9.21 Å². The van der Waals surface area contributed by atoms with Crippen LogP contribution < -0.4 is 4.74 Å². The van der Waals surface area contributed by atoms with E-state index in [2.05, 4.69) is 0 Å². The Balaban J connectivity index is 1.67. The number of nitrogens with zero attached hydrogens (tertiary/aromatic N) is 2. The second-order valence-corrected chi connectivity index (χ2v) is 8.61. The Morgan fingerprint density at radius 2 is 1.75 bits per heavy atom. The van der Waals surface area contributed by atoms with Gasteiger partial charge in [-0.15, -0.1) is 0 Å². The van der Waals surface area contributed by atoms with Gasteiger partial charge in [-0.25, -0.2) is 8.42 Å². The maximum absolute atomic E-state index is 13.0. The van der Waals surface area contributed by atoms with Crippen molar-refractivity contribution >= 4 is 33.6 Å². The second kappa shape index (κ2) is 8.77. The first-order chi connectivity index (χ1) is 13.4. The van der Waals surface area contributed by atoms with E-state index < -0.39 is 10.0 Å². The molecule has 0 unspecified atom stereocenters. The molecule has 8 heteroatoms. The molecule has 148 valence electrons. The highest BCUT2D eigenvalue weighted by atomic mass is 35.5. The first-order valence-corrected chi connectivity index (χ1v) is 10.6. The fourth-order valence-electron chi connectivity index (χ4n) is 2.98. The molecule has 0 bridgehead atoms. The lowest BCUT2D eigenvalue weighted by Crippen LogP contribution is -2.50. The van der Waals surface area contributed by atoms with Crippen molar-refractivity contribution in [2.24, 2.45) is 0 Å². The van der Waals surface area contributed by atoms with Gasteiger partial charge in [0.05, 0.1) is 7.11 Å².